The second-order valence-electron chi connectivity index (χ2n) is 11.9. The van der Waals surface area contributed by atoms with Gasteiger partial charge in [-0.3, -0.25) is 19.3 Å². The fraction of sp³-hybridized carbons (Fsp3) is 0.438. The van der Waals surface area contributed by atoms with Crippen LogP contribution in [0.2, 0.25) is 0 Å². The van der Waals surface area contributed by atoms with Crippen LogP contribution in [0.1, 0.15) is 53.8 Å². The number of β-lactam (4-membered cyclic amide) rings is 1. The normalized spacial score (nSPS) is 19.2. The molecule has 0 spiro atoms. The van der Waals surface area contributed by atoms with Gasteiger partial charge in [0.1, 0.15) is 5.70 Å². The van der Waals surface area contributed by atoms with E-state index in [0.29, 0.717) is 37.9 Å². The quantitative estimate of drug-likeness (QED) is 0.0770. The third-order valence-electron chi connectivity index (χ3n) is 8.71. The van der Waals surface area contributed by atoms with Crippen molar-refractivity contribution in [2.75, 3.05) is 32.7 Å². The van der Waals surface area contributed by atoms with Crippen molar-refractivity contribution in [1.82, 2.24) is 20.4 Å². The highest BCUT2D eigenvalue weighted by molar-refractivity contribution is 6.00. The third kappa shape index (κ3) is 7.13. The van der Waals surface area contributed by atoms with Crippen LogP contribution in [0, 0.1) is 23.5 Å². The number of phenolic OH excluding ortho intramolecular Hbond substituents is 4. The Balaban J connectivity index is 1.40. The lowest BCUT2D eigenvalue weighted by molar-refractivity contribution is -0.163. The van der Waals surface area contributed by atoms with Crippen molar-refractivity contribution in [1.29, 1.82) is 0 Å². The van der Waals surface area contributed by atoms with Gasteiger partial charge >= 0.3 is 5.97 Å². The van der Waals surface area contributed by atoms with Crippen molar-refractivity contribution in [3.63, 3.8) is 0 Å². The molecule has 16 heteroatoms. The van der Waals surface area contributed by atoms with Gasteiger partial charge in [-0.15, -0.1) is 0 Å². The highest BCUT2D eigenvalue weighted by Gasteiger charge is 2.59. The van der Waals surface area contributed by atoms with E-state index >= 15 is 0 Å². The topological polar surface area (TPSA) is 220 Å². The molecule has 0 radical (unpaired) electrons. The van der Waals surface area contributed by atoms with Crippen LogP contribution < -0.4 is 10.6 Å². The zero-order valence-electron chi connectivity index (χ0n) is 26.2. The number of aliphatic hydroxyl groups is 1. The summed E-state index contributed by atoms with van der Waals surface area (Å²) in [6.07, 6.45) is 0.237. The molecule has 8 N–H and O–H groups in total. The number of rotatable bonds is 15. The highest BCUT2D eigenvalue weighted by Crippen LogP contribution is 2.47. The maximum absolute atomic E-state index is 14.2. The molecule has 2 aliphatic heterocycles. The number of aliphatic hydroxyl groups excluding tert-OH is 1. The average molecular weight is 677 g/mol. The number of phenols is 4. The van der Waals surface area contributed by atoms with E-state index in [1.165, 1.54) is 11.8 Å². The number of nitrogens with zero attached hydrogens (tertiary/aromatic N) is 2. The number of benzene rings is 2. The van der Waals surface area contributed by atoms with Gasteiger partial charge in [-0.25, -0.2) is 13.6 Å². The van der Waals surface area contributed by atoms with E-state index in [2.05, 4.69) is 10.6 Å². The van der Waals surface area contributed by atoms with E-state index < -0.39 is 87.5 Å². The maximum atomic E-state index is 14.2. The average Bonchev–Trinajstić information content (AvgIpc) is 3.27. The minimum atomic E-state index is -1.28. The summed E-state index contributed by atoms with van der Waals surface area (Å²) in [7, 11) is 0. The Morgan fingerprint density at radius 3 is 1.88 bits per heavy atom. The van der Waals surface area contributed by atoms with Gasteiger partial charge in [-0.05, 0) is 62.6 Å². The summed E-state index contributed by atoms with van der Waals surface area (Å²) in [5.41, 5.74) is -0.564. The summed E-state index contributed by atoms with van der Waals surface area (Å²) in [4.78, 5) is 53.1. The molecule has 1 saturated heterocycles. The zero-order chi connectivity index (χ0) is 35.4. The second-order valence-corrected chi connectivity index (χ2v) is 11.9. The van der Waals surface area contributed by atoms with Crippen molar-refractivity contribution in [2.24, 2.45) is 11.8 Å². The van der Waals surface area contributed by atoms with Gasteiger partial charge in [0.2, 0.25) is 5.91 Å². The molecule has 3 amide bonds. The fourth-order valence-corrected chi connectivity index (χ4v) is 6.18. The molecule has 0 aliphatic carbocycles. The van der Waals surface area contributed by atoms with Crippen LogP contribution in [0.25, 0.3) is 0 Å². The number of carboxylic acid groups (broad SMARTS) is 1. The Morgan fingerprint density at radius 2 is 1.38 bits per heavy atom. The van der Waals surface area contributed by atoms with Crippen LogP contribution in [-0.2, 0) is 9.59 Å². The molecule has 2 heterocycles. The summed E-state index contributed by atoms with van der Waals surface area (Å²) in [5, 5.41) is 63.2. The zero-order valence-corrected chi connectivity index (χ0v) is 26.2. The number of carboxylic acids is 1. The molecule has 1 fully saturated rings. The molecule has 48 heavy (non-hydrogen) atoms. The summed E-state index contributed by atoms with van der Waals surface area (Å²) in [6, 6.07) is 3.52. The number of fused-ring (bicyclic) bond motifs is 1. The van der Waals surface area contributed by atoms with Gasteiger partial charge in [0.05, 0.1) is 29.2 Å². The van der Waals surface area contributed by atoms with Crippen molar-refractivity contribution < 1.29 is 58.6 Å². The SMILES string of the molecule is C[C@@H](O)[C@H]1C(=O)N2C(C(=O)O)=C(CN(CCCCNC(=O)c3ccc(O)c(O)c3F)CCCNC(=O)c3ccc(O)c(O)c3F)[C@H](C)[C@H]12. The number of nitrogens with one attached hydrogen (secondary N) is 2. The number of aliphatic carboxylic acids is 1. The molecule has 4 atom stereocenters. The second kappa shape index (κ2) is 14.9. The van der Waals surface area contributed by atoms with Gasteiger partial charge in [0.25, 0.3) is 11.8 Å². The smallest absolute Gasteiger partial charge is 0.352 e. The van der Waals surface area contributed by atoms with Crippen molar-refractivity contribution in [3.8, 4) is 23.0 Å². The number of hydrogen-bond donors (Lipinski definition) is 8. The third-order valence-corrected chi connectivity index (χ3v) is 8.71. The number of carbonyl (C=O) groups is 4. The standard InChI is InChI=1S/C32H38F2N4O10/c1-15-19(26(32(47)48)38-25(15)22(16(2)39)31(38)46)14-37(13-5-11-36-30(45)18-7-9-21(41)28(43)24(18)34)12-4-3-10-35-29(44)17-6-8-20(40)27(42)23(17)33/h6-9,15-16,22,25,39-43H,3-5,10-14H2,1-2H3,(H,35,44)(H,36,45)(H,47,48)/t15-,16+,22+,25+/m0/s1. The van der Waals surface area contributed by atoms with Crippen LogP contribution in [0.5, 0.6) is 23.0 Å². The van der Waals surface area contributed by atoms with Gasteiger partial charge in [-0.1, -0.05) is 6.92 Å². The Labute approximate surface area is 273 Å². The van der Waals surface area contributed by atoms with Crippen LogP contribution >= 0.6 is 0 Å². The Hall–Kier alpha value is -4.96. The summed E-state index contributed by atoms with van der Waals surface area (Å²) >= 11 is 0. The van der Waals surface area contributed by atoms with Crippen LogP contribution in [-0.4, -0.2) is 109 Å². The van der Waals surface area contributed by atoms with E-state index in [1.807, 2.05) is 4.90 Å². The molecule has 0 unspecified atom stereocenters. The minimum absolute atomic E-state index is 0.0647. The minimum Gasteiger partial charge on any atom is -0.504 e. The number of halogens is 2. The number of amides is 3. The van der Waals surface area contributed by atoms with E-state index in [9.17, 15) is 58.6 Å². The first-order valence-corrected chi connectivity index (χ1v) is 15.3. The first-order chi connectivity index (χ1) is 22.7. The Bertz CT molecular complexity index is 1630. The maximum Gasteiger partial charge on any atom is 0.352 e. The molecule has 0 saturated carbocycles. The predicted molar refractivity (Wildman–Crippen MR) is 164 cm³/mol. The molecule has 4 rings (SSSR count). The van der Waals surface area contributed by atoms with Crippen molar-refractivity contribution >= 4 is 23.7 Å². The van der Waals surface area contributed by atoms with Gasteiger partial charge < -0.3 is 46.2 Å². The molecule has 260 valence electrons. The first-order valence-electron chi connectivity index (χ1n) is 15.3. The van der Waals surface area contributed by atoms with Gasteiger partial charge in [0.15, 0.2) is 34.6 Å². The van der Waals surface area contributed by atoms with Gasteiger partial charge in [-0.2, -0.15) is 0 Å². The van der Waals surface area contributed by atoms with E-state index in [-0.39, 0.29) is 31.2 Å². The van der Waals surface area contributed by atoms with Crippen LogP contribution in [0.15, 0.2) is 35.5 Å². The van der Waals surface area contributed by atoms with Crippen molar-refractivity contribution in [2.45, 2.75) is 45.3 Å². The van der Waals surface area contributed by atoms with E-state index in [1.54, 1.807) is 6.92 Å². The lowest BCUT2D eigenvalue weighted by Gasteiger charge is -2.46. The lowest BCUT2D eigenvalue weighted by atomic mass is 9.77. The monoisotopic (exact) mass is 676 g/mol. The van der Waals surface area contributed by atoms with Crippen molar-refractivity contribution in [3.05, 3.63) is 58.3 Å². The number of hydrogen-bond acceptors (Lipinski definition) is 10. The number of aromatic hydroxyl groups is 4. The largest absolute Gasteiger partial charge is 0.504 e. The predicted octanol–water partition coefficient (Wildman–Crippen LogP) is 1.62. The molecular formula is C32H38F2N4O10. The molecule has 0 bridgehead atoms. The highest BCUT2D eigenvalue weighted by atomic mass is 19.1. The Kier molecular flexibility index (Phi) is 11.1. The molecule has 2 aliphatic rings. The van der Waals surface area contributed by atoms with Crippen LogP contribution in [0.4, 0.5) is 8.78 Å². The lowest BCUT2D eigenvalue weighted by Crippen LogP contribution is -2.63. The molecule has 2 aromatic carbocycles. The first kappa shape index (κ1) is 35.9. The summed E-state index contributed by atoms with van der Waals surface area (Å²) in [6.45, 7) is 4.28. The molecule has 2 aromatic rings. The summed E-state index contributed by atoms with van der Waals surface area (Å²) in [5.74, 6) is -10.5. The van der Waals surface area contributed by atoms with E-state index in [4.69, 9.17) is 0 Å². The molecule has 14 nitrogen and oxygen atoms in total. The summed E-state index contributed by atoms with van der Waals surface area (Å²) < 4.78 is 28.4. The van der Waals surface area contributed by atoms with Gasteiger partial charge in [0, 0.05) is 32.1 Å². The van der Waals surface area contributed by atoms with Crippen LogP contribution in [0.3, 0.4) is 0 Å². The Morgan fingerprint density at radius 1 is 0.875 bits per heavy atom. The number of unbranched alkanes of at least 4 members (excludes halogenated alkanes) is 1. The van der Waals surface area contributed by atoms with E-state index in [0.717, 1.165) is 24.3 Å². The molecular weight excluding hydrogens is 638 g/mol. The molecule has 0 aromatic heterocycles. The number of carbonyl (C=O) groups excluding carboxylic acids is 3. The fourth-order valence-electron chi connectivity index (χ4n) is 6.18.